The summed E-state index contributed by atoms with van der Waals surface area (Å²) in [6.45, 7) is 0. The van der Waals surface area contributed by atoms with Crippen molar-refractivity contribution in [3.05, 3.63) is 90.6 Å². The Morgan fingerprint density at radius 1 is 0.815 bits per heavy atom. The third-order valence-electron chi connectivity index (χ3n) is 4.80. The van der Waals surface area contributed by atoms with Crippen molar-refractivity contribution >= 4 is 22.5 Å². The number of aromatic nitrogens is 1. The Morgan fingerprint density at radius 3 is 2.33 bits per heavy atom. The minimum Gasteiger partial charge on any atom is -0.361 e. The van der Waals surface area contributed by atoms with Gasteiger partial charge >= 0.3 is 0 Å². The summed E-state index contributed by atoms with van der Waals surface area (Å²) in [7, 11) is 0. The normalized spacial score (nSPS) is 10.8. The third-order valence-corrected chi connectivity index (χ3v) is 4.80. The maximum atomic E-state index is 12.2. The highest BCUT2D eigenvalue weighted by molar-refractivity contribution is 5.91. The summed E-state index contributed by atoms with van der Waals surface area (Å²) < 4.78 is 0. The van der Waals surface area contributed by atoms with E-state index in [0.29, 0.717) is 6.42 Å². The monoisotopic (exact) mass is 354 g/mol. The summed E-state index contributed by atoms with van der Waals surface area (Å²) >= 11 is 0. The number of rotatable bonds is 6. The summed E-state index contributed by atoms with van der Waals surface area (Å²) in [6, 6.07) is 26.5. The fraction of sp³-hybridized carbons (Fsp3) is 0.125. The summed E-state index contributed by atoms with van der Waals surface area (Å²) in [6.07, 6.45) is 4.28. The van der Waals surface area contributed by atoms with Gasteiger partial charge in [0.1, 0.15) is 0 Å². The summed E-state index contributed by atoms with van der Waals surface area (Å²) in [4.78, 5) is 15.5. The highest BCUT2D eigenvalue weighted by Crippen LogP contribution is 2.22. The molecule has 1 amide bonds. The number of carbonyl (C=O) groups excluding carboxylic acids is 1. The molecule has 0 bridgehead atoms. The van der Waals surface area contributed by atoms with E-state index < -0.39 is 0 Å². The van der Waals surface area contributed by atoms with E-state index in [1.807, 2.05) is 60.8 Å². The van der Waals surface area contributed by atoms with Gasteiger partial charge in [-0.1, -0.05) is 60.7 Å². The number of hydrogen-bond acceptors (Lipinski definition) is 1. The second kappa shape index (κ2) is 7.92. The molecule has 0 aliphatic heterocycles. The molecule has 3 aromatic carbocycles. The van der Waals surface area contributed by atoms with Gasteiger partial charge < -0.3 is 10.3 Å². The molecule has 1 aromatic heterocycles. The topological polar surface area (TPSA) is 44.9 Å². The van der Waals surface area contributed by atoms with Crippen LogP contribution in [0.2, 0.25) is 0 Å². The Bertz CT molecular complexity index is 1030. The van der Waals surface area contributed by atoms with Crippen LogP contribution in [0.4, 0.5) is 5.69 Å². The SMILES string of the molecule is O=C(CCCc1c[nH]c2ccccc12)Nc1ccc(-c2ccccc2)cc1. The number of fused-ring (bicyclic) bond motifs is 1. The van der Waals surface area contributed by atoms with Gasteiger partial charge in [0, 0.05) is 29.2 Å². The van der Waals surface area contributed by atoms with Crippen molar-refractivity contribution < 1.29 is 4.79 Å². The van der Waals surface area contributed by atoms with Crippen molar-refractivity contribution in [1.29, 1.82) is 0 Å². The van der Waals surface area contributed by atoms with E-state index in [1.54, 1.807) is 0 Å². The zero-order valence-electron chi connectivity index (χ0n) is 15.1. The van der Waals surface area contributed by atoms with Gasteiger partial charge in [-0.2, -0.15) is 0 Å². The molecule has 0 spiro atoms. The Kier molecular flexibility index (Phi) is 5.01. The number of hydrogen-bond donors (Lipinski definition) is 2. The summed E-state index contributed by atoms with van der Waals surface area (Å²) in [5.41, 5.74) is 5.58. The number of anilines is 1. The molecule has 0 radical (unpaired) electrons. The van der Waals surface area contributed by atoms with E-state index in [0.717, 1.165) is 29.6 Å². The first-order valence-corrected chi connectivity index (χ1v) is 9.30. The zero-order chi connectivity index (χ0) is 18.5. The lowest BCUT2D eigenvalue weighted by Crippen LogP contribution is -2.11. The van der Waals surface area contributed by atoms with Crippen LogP contribution in [0.1, 0.15) is 18.4 Å². The molecule has 0 fully saturated rings. The zero-order valence-corrected chi connectivity index (χ0v) is 15.1. The molecule has 3 heteroatoms. The fourth-order valence-corrected chi connectivity index (χ4v) is 3.38. The van der Waals surface area contributed by atoms with Gasteiger partial charge in [-0.15, -0.1) is 0 Å². The Balaban J connectivity index is 1.30. The lowest BCUT2D eigenvalue weighted by molar-refractivity contribution is -0.116. The first kappa shape index (κ1) is 17.1. The van der Waals surface area contributed by atoms with Crippen LogP contribution in [0.3, 0.4) is 0 Å². The standard InChI is InChI=1S/C24H22N2O/c27-24(12-6-9-20-17-25-23-11-5-4-10-22(20)23)26-21-15-13-19(14-16-21)18-7-2-1-3-8-18/h1-5,7-8,10-11,13-17,25H,6,9,12H2,(H,26,27). The number of aromatic amines is 1. The minimum absolute atomic E-state index is 0.0577. The fourth-order valence-electron chi connectivity index (χ4n) is 3.38. The van der Waals surface area contributed by atoms with Crippen molar-refractivity contribution in [3.63, 3.8) is 0 Å². The van der Waals surface area contributed by atoms with Gasteiger partial charge in [-0.3, -0.25) is 4.79 Å². The number of aryl methyl sites for hydroxylation is 1. The van der Waals surface area contributed by atoms with E-state index in [2.05, 4.69) is 34.6 Å². The van der Waals surface area contributed by atoms with Crippen LogP contribution in [-0.4, -0.2) is 10.9 Å². The van der Waals surface area contributed by atoms with Gasteiger partial charge in [0.15, 0.2) is 0 Å². The summed E-state index contributed by atoms with van der Waals surface area (Å²) in [5, 5.41) is 4.24. The first-order chi connectivity index (χ1) is 13.3. The lowest BCUT2D eigenvalue weighted by atomic mass is 10.1. The highest BCUT2D eigenvalue weighted by Gasteiger charge is 2.06. The van der Waals surface area contributed by atoms with E-state index in [-0.39, 0.29) is 5.91 Å². The van der Waals surface area contributed by atoms with E-state index in [1.165, 1.54) is 16.5 Å². The molecule has 2 N–H and O–H groups in total. The third kappa shape index (κ3) is 4.09. The van der Waals surface area contributed by atoms with Gasteiger partial charge in [-0.05, 0) is 47.7 Å². The van der Waals surface area contributed by atoms with Crippen molar-refractivity contribution in [2.45, 2.75) is 19.3 Å². The maximum absolute atomic E-state index is 12.2. The molecule has 3 nitrogen and oxygen atoms in total. The number of H-pyrrole nitrogens is 1. The molecule has 0 aliphatic rings. The maximum Gasteiger partial charge on any atom is 0.224 e. The molecule has 0 saturated heterocycles. The van der Waals surface area contributed by atoms with E-state index in [4.69, 9.17) is 0 Å². The summed E-state index contributed by atoms with van der Waals surface area (Å²) in [5.74, 6) is 0.0577. The largest absolute Gasteiger partial charge is 0.361 e. The van der Waals surface area contributed by atoms with Crippen LogP contribution in [0.5, 0.6) is 0 Å². The molecule has 1 heterocycles. The van der Waals surface area contributed by atoms with Gasteiger partial charge in [0.2, 0.25) is 5.91 Å². The van der Waals surface area contributed by atoms with Gasteiger partial charge in [0.25, 0.3) is 0 Å². The predicted octanol–water partition coefficient (Wildman–Crippen LogP) is 5.80. The van der Waals surface area contributed by atoms with Gasteiger partial charge in [0.05, 0.1) is 0 Å². The highest BCUT2D eigenvalue weighted by atomic mass is 16.1. The molecule has 27 heavy (non-hydrogen) atoms. The molecule has 134 valence electrons. The molecule has 0 atom stereocenters. The molecule has 4 aromatic rings. The van der Waals surface area contributed by atoms with Crippen LogP contribution in [0.25, 0.3) is 22.0 Å². The minimum atomic E-state index is 0.0577. The van der Waals surface area contributed by atoms with Crippen molar-refractivity contribution in [1.82, 2.24) is 4.98 Å². The Hall–Kier alpha value is -3.33. The Labute approximate surface area is 159 Å². The smallest absolute Gasteiger partial charge is 0.224 e. The molecule has 4 rings (SSSR count). The van der Waals surface area contributed by atoms with Crippen LogP contribution >= 0.6 is 0 Å². The van der Waals surface area contributed by atoms with Crippen LogP contribution in [0.15, 0.2) is 85.1 Å². The first-order valence-electron chi connectivity index (χ1n) is 9.30. The quantitative estimate of drug-likeness (QED) is 0.452. The second-order valence-corrected chi connectivity index (χ2v) is 6.70. The van der Waals surface area contributed by atoms with Crippen LogP contribution in [0, 0.1) is 0 Å². The van der Waals surface area contributed by atoms with Crippen LogP contribution < -0.4 is 5.32 Å². The van der Waals surface area contributed by atoms with E-state index in [9.17, 15) is 4.79 Å². The number of para-hydroxylation sites is 1. The van der Waals surface area contributed by atoms with E-state index >= 15 is 0 Å². The molecule has 0 unspecified atom stereocenters. The predicted molar refractivity (Wildman–Crippen MR) is 112 cm³/mol. The average molecular weight is 354 g/mol. The number of carbonyl (C=O) groups is 1. The molecular formula is C24H22N2O. The lowest BCUT2D eigenvalue weighted by Gasteiger charge is -2.07. The van der Waals surface area contributed by atoms with Crippen LogP contribution in [-0.2, 0) is 11.2 Å². The molecule has 0 aliphatic carbocycles. The average Bonchev–Trinajstić information content (AvgIpc) is 3.12. The number of nitrogens with one attached hydrogen (secondary N) is 2. The van der Waals surface area contributed by atoms with Crippen molar-refractivity contribution in [3.8, 4) is 11.1 Å². The number of benzene rings is 3. The second-order valence-electron chi connectivity index (χ2n) is 6.70. The van der Waals surface area contributed by atoms with Crippen molar-refractivity contribution in [2.24, 2.45) is 0 Å². The Morgan fingerprint density at radius 2 is 1.52 bits per heavy atom. The van der Waals surface area contributed by atoms with Crippen molar-refractivity contribution in [2.75, 3.05) is 5.32 Å². The molecular weight excluding hydrogens is 332 g/mol. The number of amides is 1. The molecule has 0 saturated carbocycles. The van der Waals surface area contributed by atoms with Gasteiger partial charge in [-0.25, -0.2) is 0 Å².